The Morgan fingerprint density at radius 3 is 2.65 bits per heavy atom. The Hall–Kier alpha value is -3.05. The number of nitriles is 1. The SMILES string of the molecule is CN(C)CCn1cnc2cnc(Nc3cnc(C#N)cn3)cc21. The molecule has 0 spiro atoms. The first-order valence-electron chi connectivity index (χ1n) is 7.10. The fourth-order valence-corrected chi connectivity index (χ4v) is 2.10. The molecular formula is C15H16N8. The molecule has 0 aliphatic heterocycles. The van der Waals surface area contributed by atoms with Crippen LogP contribution in [0.1, 0.15) is 5.69 Å². The Morgan fingerprint density at radius 2 is 1.96 bits per heavy atom. The number of anilines is 2. The number of fused-ring (bicyclic) bond motifs is 1. The molecule has 0 amide bonds. The predicted octanol–water partition coefficient (Wildman–Crippen LogP) is 1.40. The lowest BCUT2D eigenvalue weighted by Gasteiger charge is -2.11. The van der Waals surface area contributed by atoms with Gasteiger partial charge in [-0.15, -0.1) is 0 Å². The van der Waals surface area contributed by atoms with Crippen LogP contribution in [0.25, 0.3) is 11.0 Å². The highest BCUT2D eigenvalue weighted by molar-refractivity contribution is 5.78. The lowest BCUT2D eigenvalue weighted by Crippen LogP contribution is -2.17. The van der Waals surface area contributed by atoms with E-state index < -0.39 is 0 Å². The molecule has 0 radical (unpaired) electrons. The quantitative estimate of drug-likeness (QED) is 0.761. The van der Waals surface area contributed by atoms with Gasteiger partial charge in [0, 0.05) is 19.2 Å². The molecule has 0 fully saturated rings. The van der Waals surface area contributed by atoms with Gasteiger partial charge in [-0.25, -0.2) is 19.9 Å². The van der Waals surface area contributed by atoms with Crippen molar-refractivity contribution in [1.29, 1.82) is 5.26 Å². The van der Waals surface area contributed by atoms with Crippen LogP contribution in [-0.2, 0) is 6.54 Å². The molecule has 0 aliphatic rings. The summed E-state index contributed by atoms with van der Waals surface area (Å²) < 4.78 is 2.09. The maximum Gasteiger partial charge on any atom is 0.158 e. The summed E-state index contributed by atoms with van der Waals surface area (Å²) in [5.74, 6) is 1.19. The van der Waals surface area contributed by atoms with Crippen LogP contribution in [-0.4, -0.2) is 50.0 Å². The van der Waals surface area contributed by atoms with Crippen LogP contribution in [0.3, 0.4) is 0 Å². The average Bonchev–Trinajstić information content (AvgIpc) is 2.96. The van der Waals surface area contributed by atoms with Crippen molar-refractivity contribution < 1.29 is 0 Å². The van der Waals surface area contributed by atoms with E-state index in [2.05, 4.69) is 34.7 Å². The summed E-state index contributed by atoms with van der Waals surface area (Å²) in [5.41, 5.74) is 2.13. The largest absolute Gasteiger partial charge is 0.329 e. The van der Waals surface area contributed by atoms with Crippen molar-refractivity contribution in [3.8, 4) is 6.07 Å². The molecule has 0 unspecified atom stereocenters. The van der Waals surface area contributed by atoms with Crippen molar-refractivity contribution in [3.63, 3.8) is 0 Å². The number of nitrogens with one attached hydrogen (secondary N) is 1. The fourth-order valence-electron chi connectivity index (χ4n) is 2.10. The van der Waals surface area contributed by atoms with Crippen LogP contribution >= 0.6 is 0 Å². The Morgan fingerprint density at radius 1 is 1.13 bits per heavy atom. The Bertz CT molecular complexity index is 844. The van der Waals surface area contributed by atoms with E-state index in [0.717, 1.165) is 24.1 Å². The van der Waals surface area contributed by atoms with Crippen molar-refractivity contribution in [2.45, 2.75) is 6.54 Å². The van der Waals surface area contributed by atoms with E-state index >= 15 is 0 Å². The Labute approximate surface area is 133 Å². The molecule has 3 aromatic rings. The van der Waals surface area contributed by atoms with Crippen molar-refractivity contribution in [1.82, 2.24) is 29.4 Å². The lowest BCUT2D eigenvalue weighted by atomic mass is 10.3. The number of hydrogen-bond acceptors (Lipinski definition) is 7. The second-order valence-corrected chi connectivity index (χ2v) is 5.32. The van der Waals surface area contributed by atoms with E-state index in [-0.39, 0.29) is 5.69 Å². The summed E-state index contributed by atoms with van der Waals surface area (Å²) in [4.78, 5) is 18.9. The van der Waals surface area contributed by atoms with Crippen LogP contribution in [0.2, 0.25) is 0 Å². The van der Waals surface area contributed by atoms with Crippen LogP contribution in [0, 0.1) is 11.3 Å². The van der Waals surface area contributed by atoms with E-state index in [1.54, 1.807) is 6.20 Å². The van der Waals surface area contributed by atoms with Crippen molar-refractivity contribution in [3.05, 3.63) is 36.7 Å². The van der Waals surface area contributed by atoms with Gasteiger partial charge in [0.15, 0.2) is 5.69 Å². The molecule has 1 N–H and O–H groups in total. The second kappa shape index (κ2) is 6.37. The van der Waals surface area contributed by atoms with Gasteiger partial charge in [-0.3, -0.25) is 0 Å². The van der Waals surface area contributed by atoms with Crippen LogP contribution in [0.5, 0.6) is 0 Å². The summed E-state index contributed by atoms with van der Waals surface area (Å²) >= 11 is 0. The first-order chi connectivity index (χ1) is 11.2. The standard InChI is InChI=1S/C15H16N8/c1-22(2)3-4-23-10-20-12-8-19-14(5-13(12)23)21-15-9-17-11(6-16)7-18-15/h5,7-10H,3-4H2,1-2H3,(H,18,19,21). The molecule has 0 aromatic carbocycles. The van der Waals surface area contributed by atoms with Crippen molar-refractivity contribution >= 4 is 22.7 Å². The zero-order valence-corrected chi connectivity index (χ0v) is 12.9. The highest BCUT2D eigenvalue weighted by Gasteiger charge is 2.06. The third kappa shape index (κ3) is 3.41. The highest BCUT2D eigenvalue weighted by atomic mass is 15.1. The lowest BCUT2D eigenvalue weighted by molar-refractivity contribution is 0.386. The number of imidazole rings is 1. The molecule has 0 saturated carbocycles. The number of aromatic nitrogens is 5. The zero-order chi connectivity index (χ0) is 16.2. The summed E-state index contributed by atoms with van der Waals surface area (Å²) in [6.07, 6.45) is 6.47. The molecule has 0 aliphatic carbocycles. The molecule has 0 saturated heterocycles. The van der Waals surface area contributed by atoms with Gasteiger partial charge in [-0.1, -0.05) is 0 Å². The third-order valence-corrected chi connectivity index (χ3v) is 3.32. The van der Waals surface area contributed by atoms with Crippen LogP contribution in [0.15, 0.2) is 31.0 Å². The number of hydrogen-bond donors (Lipinski definition) is 1. The molecule has 116 valence electrons. The van der Waals surface area contributed by atoms with Crippen molar-refractivity contribution in [2.75, 3.05) is 26.0 Å². The third-order valence-electron chi connectivity index (χ3n) is 3.32. The van der Waals surface area contributed by atoms with E-state index in [4.69, 9.17) is 5.26 Å². The molecule has 8 nitrogen and oxygen atoms in total. The number of nitrogens with zero attached hydrogens (tertiary/aromatic N) is 7. The van der Waals surface area contributed by atoms with Crippen LogP contribution < -0.4 is 5.32 Å². The summed E-state index contributed by atoms with van der Waals surface area (Å²) in [6.45, 7) is 1.78. The van der Waals surface area contributed by atoms with Gasteiger partial charge in [0.25, 0.3) is 0 Å². The monoisotopic (exact) mass is 308 g/mol. The zero-order valence-electron chi connectivity index (χ0n) is 12.9. The van der Waals surface area contributed by atoms with E-state index in [9.17, 15) is 0 Å². The molecule has 0 atom stereocenters. The Kier molecular flexibility index (Phi) is 4.12. The van der Waals surface area contributed by atoms with Gasteiger partial charge in [-0.2, -0.15) is 5.26 Å². The summed E-state index contributed by atoms with van der Waals surface area (Å²) in [7, 11) is 4.08. The van der Waals surface area contributed by atoms with E-state index in [1.807, 2.05) is 32.6 Å². The van der Waals surface area contributed by atoms with Gasteiger partial charge in [0.05, 0.1) is 30.4 Å². The first-order valence-corrected chi connectivity index (χ1v) is 7.10. The topological polar surface area (TPSA) is 95.5 Å². The molecule has 23 heavy (non-hydrogen) atoms. The van der Waals surface area contributed by atoms with Gasteiger partial charge >= 0.3 is 0 Å². The fraction of sp³-hybridized carbons (Fsp3) is 0.267. The number of likely N-dealkylation sites (N-methyl/N-ethyl adjacent to an activating group) is 1. The molecule has 8 heteroatoms. The second-order valence-electron chi connectivity index (χ2n) is 5.32. The first kappa shape index (κ1) is 14.9. The maximum absolute atomic E-state index is 8.73. The minimum Gasteiger partial charge on any atom is -0.329 e. The average molecular weight is 308 g/mol. The molecular weight excluding hydrogens is 292 g/mol. The van der Waals surface area contributed by atoms with Gasteiger partial charge < -0.3 is 14.8 Å². The summed E-state index contributed by atoms with van der Waals surface area (Å²) in [6, 6.07) is 3.87. The molecule has 3 rings (SSSR count). The minimum absolute atomic E-state index is 0.278. The molecule has 3 heterocycles. The normalized spacial score (nSPS) is 10.9. The smallest absolute Gasteiger partial charge is 0.158 e. The number of pyridine rings is 1. The molecule has 3 aromatic heterocycles. The van der Waals surface area contributed by atoms with Gasteiger partial charge in [0.1, 0.15) is 23.2 Å². The maximum atomic E-state index is 8.73. The van der Waals surface area contributed by atoms with E-state index in [1.165, 1.54) is 12.4 Å². The summed E-state index contributed by atoms with van der Waals surface area (Å²) in [5, 5.41) is 11.8. The van der Waals surface area contributed by atoms with E-state index in [0.29, 0.717) is 11.6 Å². The van der Waals surface area contributed by atoms with Gasteiger partial charge in [0.2, 0.25) is 0 Å². The number of rotatable bonds is 5. The highest BCUT2D eigenvalue weighted by Crippen LogP contribution is 2.18. The van der Waals surface area contributed by atoms with Crippen molar-refractivity contribution in [2.24, 2.45) is 0 Å². The van der Waals surface area contributed by atoms with Gasteiger partial charge in [-0.05, 0) is 14.1 Å². The molecule has 0 bridgehead atoms. The Balaban J connectivity index is 1.83. The minimum atomic E-state index is 0.278. The van der Waals surface area contributed by atoms with Crippen LogP contribution in [0.4, 0.5) is 11.6 Å². The predicted molar refractivity (Wildman–Crippen MR) is 86.1 cm³/mol.